The van der Waals surface area contributed by atoms with Gasteiger partial charge in [0, 0.05) is 12.0 Å². The van der Waals surface area contributed by atoms with E-state index in [1.807, 2.05) is 42.5 Å². The molecule has 1 heterocycles. The molecule has 3 aromatic rings. The van der Waals surface area contributed by atoms with E-state index in [0.717, 1.165) is 16.1 Å². The van der Waals surface area contributed by atoms with E-state index in [2.05, 4.69) is 15.5 Å². The summed E-state index contributed by atoms with van der Waals surface area (Å²) in [5.41, 5.74) is 1.96. The predicted molar refractivity (Wildman–Crippen MR) is 100 cm³/mol. The number of hydrogen-bond acceptors (Lipinski definition) is 5. The van der Waals surface area contributed by atoms with Crippen LogP contribution in [0.25, 0.3) is 10.6 Å². The molecular formula is C18H16ClN3O2S. The van der Waals surface area contributed by atoms with E-state index in [1.165, 1.54) is 11.3 Å². The van der Waals surface area contributed by atoms with Crippen molar-refractivity contribution < 1.29 is 9.53 Å². The van der Waals surface area contributed by atoms with Crippen molar-refractivity contribution in [1.82, 2.24) is 10.2 Å². The van der Waals surface area contributed by atoms with E-state index in [0.29, 0.717) is 28.7 Å². The second-order valence-corrected chi connectivity index (χ2v) is 6.68. The van der Waals surface area contributed by atoms with Gasteiger partial charge < -0.3 is 10.1 Å². The smallest absolute Gasteiger partial charge is 0.226 e. The fourth-order valence-electron chi connectivity index (χ4n) is 2.28. The van der Waals surface area contributed by atoms with Crippen LogP contribution < -0.4 is 10.1 Å². The standard InChI is InChI=1S/C18H16ClN3O2S/c1-24-15-9-7-12(11-14(15)19)8-10-16(23)20-18-22-21-17(25-18)13-5-3-2-4-6-13/h2-7,9,11H,8,10H2,1H3,(H,20,22,23). The zero-order chi connectivity index (χ0) is 17.6. The van der Waals surface area contributed by atoms with Crippen molar-refractivity contribution in [3.63, 3.8) is 0 Å². The summed E-state index contributed by atoms with van der Waals surface area (Å²) < 4.78 is 5.12. The molecule has 0 aliphatic rings. The van der Waals surface area contributed by atoms with Gasteiger partial charge in [0.1, 0.15) is 10.8 Å². The largest absolute Gasteiger partial charge is 0.495 e. The Morgan fingerprint density at radius 3 is 2.72 bits per heavy atom. The minimum atomic E-state index is -0.109. The number of nitrogens with one attached hydrogen (secondary N) is 1. The quantitative estimate of drug-likeness (QED) is 0.693. The van der Waals surface area contributed by atoms with E-state index >= 15 is 0 Å². The van der Waals surface area contributed by atoms with Crippen molar-refractivity contribution in [3.05, 3.63) is 59.1 Å². The molecule has 0 unspecified atom stereocenters. The normalized spacial score (nSPS) is 10.5. The lowest BCUT2D eigenvalue weighted by atomic mass is 10.1. The van der Waals surface area contributed by atoms with E-state index in [-0.39, 0.29) is 5.91 Å². The highest BCUT2D eigenvalue weighted by molar-refractivity contribution is 7.18. The number of halogens is 1. The fraction of sp³-hybridized carbons (Fsp3) is 0.167. The van der Waals surface area contributed by atoms with E-state index < -0.39 is 0 Å². The molecule has 0 atom stereocenters. The van der Waals surface area contributed by atoms with Crippen LogP contribution in [0.4, 0.5) is 5.13 Å². The van der Waals surface area contributed by atoms with Gasteiger partial charge in [0.05, 0.1) is 12.1 Å². The third-order valence-electron chi connectivity index (χ3n) is 3.55. The van der Waals surface area contributed by atoms with Gasteiger partial charge in [-0.2, -0.15) is 0 Å². The van der Waals surface area contributed by atoms with Gasteiger partial charge in [-0.1, -0.05) is 59.3 Å². The third kappa shape index (κ3) is 4.55. The summed E-state index contributed by atoms with van der Waals surface area (Å²) >= 11 is 7.44. The minimum Gasteiger partial charge on any atom is -0.495 e. The molecule has 5 nitrogen and oxygen atoms in total. The number of aryl methyl sites for hydroxylation is 1. The van der Waals surface area contributed by atoms with Crippen molar-refractivity contribution >= 4 is 34.0 Å². The first kappa shape index (κ1) is 17.4. The van der Waals surface area contributed by atoms with E-state index in [1.54, 1.807) is 13.2 Å². The SMILES string of the molecule is COc1ccc(CCC(=O)Nc2nnc(-c3ccccc3)s2)cc1Cl. The highest BCUT2D eigenvalue weighted by atomic mass is 35.5. The van der Waals surface area contributed by atoms with Crippen molar-refractivity contribution in [3.8, 4) is 16.3 Å². The Bertz CT molecular complexity index is 868. The molecule has 25 heavy (non-hydrogen) atoms. The molecule has 0 radical (unpaired) electrons. The highest BCUT2D eigenvalue weighted by Crippen LogP contribution is 2.27. The number of hydrogen-bond donors (Lipinski definition) is 1. The molecular weight excluding hydrogens is 358 g/mol. The van der Waals surface area contributed by atoms with Gasteiger partial charge in [0.2, 0.25) is 11.0 Å². The van der Waals surface area contributed by atoms with Crippen LogP contribution in [-0.2, 0) is 11.2 Å². The number of amides is 1. The summed E-state index contributed by atoms with van der Waals surface area (Å²) in [4.78, 5) is 12.1. The number of carbonyl (C=O) groups is 1. The molecule has 0 aliphatic carbocycles. The van der Waals surface area contributed by atoms with Gasteiger partial charge in [0.15, 0.2) is 0 Å². The molecule has 1 N–H and O–H groups in total. The molecule has 0 spiro atoms. The van der Waals surface area contributed by atoms with Gasteiger partial charge in [0.25, 0.3) is 0 Å². The Labute approximate surface area is 154 Å². The summed E-state index contributed by atoms with van der Waals surface area (Å²) in [5.74, 6) is 0.514. The lowest BCUT2D eigenvalue weighted by Crippen LogP contribution is -2.12. The van der Waals surface area contributed by atoms with Crippen LogP contribution in [0.15, 0.2) is 48.5 Å². The Balaban J connectivity index is 1.56. The molecule has 2 aromatic carbocycles. The Kier molecular flexibility index (Phi) is 5.63. The van der Waals surface area contributed by atoms with Crippen LogP contribution in [0, 0.1) is 0 Å². The van der Waals surface area contributed by atoms with Crippen LogP contribution >= 0.6 is 22.9 Å². The monoisotopic (exact) mass is 373 g/mol. The van der Waals surface area contributed by atoms with Gasteiger partial charge in [-0.25, -0.2) is 0 Å². The summed E-state index contributed by atoms with van der Waals surface area (Å²) in [7, 11) is 1.57. The van der Waals surface area contributed by atoms with Crippen LogP contribution in [-0.4, -0.2) is 23.2 Å². The topological polar surface area (TPSA) is 64.1 Å². The highest BCUT2D eigenvalue weighted by Gasteiger charge is 2.10. The number of ether oxygens (including phenoxy) is 1. The second-order valence-electron chi connectivity index (χ2n) is 5.30. The van der Waals surface area contributed by atoms with Crippen LogP contribution in [0.2, 0.25) is 5.02 Å². The first-order chi connectivity index (χ1) is 12.2. The first-order valence-corrected chi connectivity index (χ1v) is 8.86. The maximum atomic E-state index is 12.1. The van der Waals surface area contributed by atoms with Gasteiger partial charge in [-0.15, -0.1) is 10.2 Å². The lowest BCUT2D eigenvalue weighted by molar-refractivity contribution is -0.116. The van der Waals surface area contributed by atoms with Gasteiger partial charge in [-0.05, 0) is 24.1 Å². The zero-order valence-electron chi connectivity index (χ0n) is 13.5. The van der Waals surface area contributed by atoms with Crippen molar-refractivity contribution in [2.75, 3.05) is 12.4 Å². The summed E-state index contributed by atoms with van der Waals surface area (Å²) in [6, 6.07) is 15.2. The second kappa shape index (κ2) is 8.09. The Hall–Kier alpha value is -2.44. The number of benzene rings is 2. The molecule has 0 fully saturated rings. The summed E-state index contributed by atoms with van der Waals surface area (Å²) in [6.45, 7) is 0. The molecule has 1 amide bonds. The summed E-state index contributed by atoms with van der Waals surface area (Å²) in [6.07, 6.45) is 0.919. The molecule has 1 aromatic heterocycles. The van der Waals surface area contributed by atoms with Crippen molar-refractivity contribution in [2.45, 2.75) is 12.8 Å². The fourth-order valence-corrected chi connectivity index (χ4v) is 3.32. The van der Waals surface area contributed by atoms with Gasteiger partial charge >= 0.3 is 0 Å². The average Bonchev–Trinajstić information content (AvgIpc) is 3.09. The Morgan fingerprint density at radius 1 is 1.20 bits per heavy atom. The molecule has 128 valence electrons. The number of anilines is 1. The first-order valence-electron chi connectivity index (χ1n) is 7.67. The maximum Gasteiger partial charge on any atom is 0.226 e. The van der Waals surface area contributed by atoms with Crippen molar-refractivity contribution in [2.24, 2.45) is 0 Å². The minimum absolute atomic E-state index is 0.109. The van der Waals surface area contributed by atoms with Gasteiger partial charge in [-0.3, -0.25) is 4.79 Å². The van der Waals surface area contributed by atoms with Crippen LogP contribution in [0.3, 0.4) is 0 Å². The van der Waals surface area contributed by atoms with Crippen LogP contribution in [0.5, 0.6) is 5.75 Å². The Morgan fingerprint density at radius 2 is 2.00 bits per heavy atom. The molecule has 3 rings (SSSR count). The number of methoxy groups -OCH3 is 1. The summed E-state index contributed by atoms with van der Waals surface area (Å²) in [5, 5.41) is 12.7. The molecule has 0 aliphatic heterocycles. The van der Waals surface area contributed by atoms with E-state index in [9.17, 15) is 4.79 Å². The van der Waals surface area contributed by atoms with E-state index in [4.69, 9.17) is 16.3 Å². The number of rotatable bonds is 6. The number of carbonyl (C=O) groups excluding carboxylic acids is 1. The van der Waals surface area contributed by atoms with Crippen molar-refractivity contribution in [1.29, 1.82) is 0 Å². The third-order valence-corrected chi connectivity index (χ3v) is 4.73. The molecule has 0 bridgehead atoms. The average molecular weight is 374 g/mol. The molecule has 7 heteroatoms. The van der Waals surface area contributed by atoms with Crippen LogP contribution in [0.1, 0.15) is 12.0 Å². The predicted octanol–water partition coefficient (Wildman–Crippen LogP) is 4.44. The maximum absolute atomic E-state index is 12.1. The zero-order valence-corrected chi connectivity index (χ0v) is 15.1. The molecule has 0 saturated heterocycles. The number of aromatic nitrogens is 2. The number of nitrogens with zero attached hydrogens (tertiary/aromatic N) is 2. The molecule has 0 saturated carbocycles. The lowest BCUT2D eigenvalue weighted by Gasteiger charge is -2.06.